The summed E-state index contributed by atoms with van der Waals surface area (Å²) in [6, 6.07) is 13.4. The number of hydrogen-bond acceptors (Lipinski definition) is 4. The number of rotatable bonds is 5. The Balaban J connectivity index is 1.74. The summed E-state index contributed by atoms with van der Waals surface area (Å²) in [5.41, 5.74) is 1.50. The molecule has 3 aromatic rings. The lowest BCUT2D eigenvalue weighted by Gasteiger charge is -2.22. The van der Waals surface area contributed by atoms with Crippen molar-refractivity contribution in [3.63, 3.8) is 0 Å². The maximum atomic E-state index is 13.3. The maximum absolute atomic E-state index is 13.3. The second kappa shape index (κ2) is 9.13. The van der Waals surface area contributed by atoms with Crippen LogP contribution < -0.4 is 10.3 Å². The lowest BCUT2D eigenvalue weighted by atomic mass is 9.88. The molecule has 0 bridgehead atoms. The predicted molar refractivity (Wildman–Crippen MR) is 125 cm³/mol. The minimum Gasteiger partial charge on any atom is -0.491 e. The van der Waals surface area contributed by atoms with Crippen LogP contribution in [0.3, 0.4) is 0 Å². The summed E-state index contributed by atoms with van der Waals surface area (Å²) in [5, 5.41) is 5.15. The van der Waals surface area contributed by atoms with Crippen LogP contribution >= 0.6 is 15.9 Å². The Morgan fingerprint density at radius 2 is 1.87 bits per heavy atom. The molecule has 156 valence electrons. The van der Waals surface area contributed by atoms with Gasteiger partial charge in [0.05, 0.1) is 23.2 Å². The first-order valence-electron chi connectivity index (χ1n) is 10.5. The molecular formula is C24H26BrN3O2. The van der Waals surface area contributed by atoms with Crippen LogP contribution in [-0.2, 0) is 0 Å². The van der Waals surface area contributed by atoms with Gasteiger partial charge in [-0.25, -0.2) is 4.98 Å². The van der Waals surface area contributed by atoms with Crippen LogP contribution in [0.5, 0.6) is 5.75 Å². The van der Waals surface area contributed by atoms with Crippen molar-refractivity contribution in [2.45, 2.75) is 58.0 Å². The first-order valence-corrected chi connectivity index (χ1v) is 11.3. The van der Waals surface area contributed by atoms with E-state index in [0.717, 1.165) is 40.0 Å². The summed E-state index contributed by atoms with van der Waals surface area (Å²) >= 11 is 3.46. The normalized spacial score (nSPS) is 15.3. The molecule has 1 heterocycles. The highest BCUT2D eigenvalue weighted by Crippen LogP contribution is 2.32. The molecule has 0 unspecified atom stereocenters. The van der Waals surface area contributed by atoms with Crippen LogP contribution in [0.4, 0.5) is 0 Å². The van der Waals surface area contributed by atoms with Crippen molar-refractivity contribution < 1.29 is 4.74 Å². The Hall–Kier alpha value is -2.47. The SMILES string of the molecule is CC(C)Oc1ccc(C=Nn2c(C3CCCCC3)nc3ccc(Br)cc3c2=O)cc1. The van der Waals surface area contributed by atoms with Crippen molar-refractivity contribution in [3.8, 4) is 5.75 Å². The van der Waals surface area contributed by atoms with Gasteiger partial charge in [-0.3, -0.25) is 4.79 Å². The van der Waals surface area contributed by atoms with Crippen molar-refractivity contribution in [2.75, 3.05) is 0 Å². The zero-order valence-corrected chi connectivity index (χ0v) is 18.9. The van der Waals surface area contributed by atoms with Gasteiger partial charge in [0, 0.05) is 10.4 Å². The number of benzene rings is 2. The van der Waals surface area contributed by atoms with Gasteiger partial charge in [-0.15, -0.1) is 0 Å². The highest BCUT2D eigenvalue weighted by Gasteiger charge is 2.22. The summed E-state index contributed by atoms with van der Waals surface area (Å²) in [5.74, 6) is 1.85. The van der Waals surface area contributed by atoms with Gasteiger partial charge >= 0.3 is 0 Å². The molecule has 1 aromatic heterocycles. The van der Waals surface area contributed by atoms with E-state index in [1.165, 1.54) is 23.9 Å². The molecule has 1 saturated carbocycles. The molecule has 0 saturated heterocycles. The molecule has 2 aromatic carbocycles. The van der Waals surface area contributed by atoms with E-state index in [4.69, 9.17) is 9.72 Å². The van der Waals surface area contributed by atoms with E-state index in [2.05, 4.69) is 21.0 Å². The van der Waals surface area contributed by atoms with Gasteiger partial charge in [-0.05, 0) is 74.7 Å². The quantitative estimate of drug-likeness (QED) is 0.440. The molecule has 0 aliphatic heterocycles. The van der Waals surface area contributed by atoms with Gasteiger partial charge in [0.15, 0.2) is 0 Å². The lowest BCUT2D eigenvalue weighted by Crippen LogP contribution is -2.25. The minimum absolute atomic E-state index is 0.127. The molecule has 5 nitrogen and oxygen atoms in total. The second-order valence-electron chi connectivity index (χ2n) is 8.06. The monoisotopic (exact) mass is 467 g/mol. The zero-order chi connectivity index (χ0) is 21.1. The van der Waals surface area contributed by atoms with E-state index in [9.17, 15) is 4.79 Å². The molecule has 1 fully saturated rings. The molecule has 1 aliphatic rings. The van der Waals surface area contributed by atoms with E-state index in [1.54, 1.807) is 6.21 Å². The van der Waals surface area contributed by atoms with Crippen molar-refractivity contribution in [3.05, 3.63) is 68.7 Å². The number of ether oxygens (including phenoxy) is 1. The van der Waals surface area contributed by atoms with Gasteiger partial charge in [0.25, 0.3) is 5.56 Å². The Labute approximate surface area is 184 Å². The third-order valence-corrected chi connectivity index (χ3v) is 5.87. The lowest BCUT2D eigenvalue weighted by molar-refractivity contribution is 0.242. The molecule has 0 atom stereocenters. The molecule has 1 aliphatic carbocycles. The van der Waals surface area contributed by atoms with Crippen molar-refractivity contribution in [1.82, 2.24) is 9.66 Å². The number of fused-ring (bicyclic) bond motifs is 1. The molecular weight excluding hydrogens is 442 g/mol. The summed E-state index contributed by atoms with van der Waals surface area (Å²) in [4.78, 5) is 18.2. The third-order valence-electron chi connectivity index (χ3n) is 5.38. The fraction of sp³-hybridized carbons (Fsp3) is 0.375. The standard InChI is InChI=1S/C24H26BrN3O2/c1-16(2)30-20-11-8-17(9-12-20)15-26-28-23(18-6-4-3-5-7-18)27-22-13-10-19(25)14-21(22)24(28)29/h8-16,18H,3-7H2,1-2H3. The molecule has 0 amide bonds. The highest BCUT2D eigenvalue weighted by atomic mass is 79.9. The first kappa shape index (κ1) is 20.8. The van der Waals surface area contributed by atoms with Gasteiger partial charge in [0.2, 0.25) is 0 Å². The Kier molecular flexibility index (Phi) is 6.32. The van der Waals surface area contributed by atoms with Gasteiger partial charge in [-0.2, -0.15) is 9.78 Å². The summed E-state index contributed by atoms with van der Waals surface area (Å²) in [7, 11) is 0. The van der Waals surface area contributed by atoms with E-state index < -0.39 is 0 Å². The van der Waals surface area contributed by atoms with Crippen LogP contribution in [-0.4, -0.2) is 22.0 Å². The Bertz CT molecular complexity index is 1110. The number of halogens is 1. The number of aromatic nitrogens is 2. The van der Waals surface area contributed by atoms with E-state index >= 15 is 0 Å². The third kappa shape index (κ3) is 4.64. The van der Waals surface area contributed by atoms with E-state index in [-0.39, 0.29) is 17.6 Å². The first-order chi connectivity index (χ1) is 14.5. The molecule has 0 N–H and O–H groups in total. The van der Waals surface area contributed by atoms with Crippen LogP contribution in [0, 0.1) is 0 Å². The van der Waals surface area contributed by atoms with E-state index in [1.807, 2.05) is 56.3 Å². The smallest absolute Gasteiger partial charge is 0.282 e. The average molecular weight is 468 g/mol. The van der Waals surface area contributed by atoms with Crippen LogP contribution in [0.1, 0.15) is 63.3 Å². The largest absolute Gasteiger partial charge is 0.491 e. The van der Waals surface area contributed by atoms with E-state index in [0.29, 0.717) is 5.39 Å². The van der Waals surface area contributed by atoms with Crippen LogP contribution in [0.15, 0.2) is 56.8 Å². The molecule has 4 rings (SSSR count). The summed E-state index contributed by atoms with van der Waals surface area (Å²) in [6.07, 6.45) is 7.52. The Morgan fingerprint density at radius 3 is 2.57 bits per heavy atom. The fourth-order valence-electron chi connectivity index (χ4n) is 3.93. The summed E-state index contributed by atoms with van der Waals surface area (Å²) in [6.45, 7) is 4.00. The topological polar surface area (TPSA) is 56.5 Å². The maximum Gasteiger partial charge on any atom is 0.282 e. The second-order valence-corrected chi connectivity index (χ2v) is 8.98. The van der Waals surface area contributed by atoms with Gasteiger partial charge < -0.3 is 4.74 Å². The molecule has 6 heteroatoms. The molecule has 0 radical (unpaired) electrons. The fourth-order valence-corrected chi connectivity index (χ4v) is 4.29. The van der Waals surface area contributed by atoms with Gasteiger partial charge in [0.1, 0.15) is 11.6 Å². The average Bonchev–Trinajstić information content (AvgIpc) is 2.74. The van der Waals surface area contributed by atoms with Crippen molar-refractivity contribution in [1.29, 1.82) is 0 Å². The van der Waals surface area contributed by atoms with Crippen molar-refractivity contribution >= 4 is 33.0 Å². The Morgan fingerprint density at radius 1 is 1.13 bits per heavy atom. The van der Waals surface area contributed by atoms with Crippen LogP contribution in [0.25, 0.3) is 10.9 Å². The number of nitrogens with zero attached hydrogens (tertiary/aromatic N) is 3. The highest BCUT2D eigenvalue weighted by molar-refractivity contribution is 9.10. The number of hydrogen-bond donors (Lipinski definition) is 0. The predicted octanol–water partition coefficient (Wildman–Crippen LogP) is 5.88. The molecule has 30 heavy (non-hydrogen) atoms. The summed E-state index contributed by atoms with van der Waals surface area (Å²) < 4.78 is 8.06. The zero-order valence-electron chi connectivity index (χ0n) is 17.3. The van der Waals surface area contributed by atoms with Gasteiger partial charge in [-0.1, -0.05) is 35.2 Å². The van der Waals surface area contributed by atoms with Crippen molar-refractivity contribution in [2.24, 2.45) is 5.10 Å². The molecule has 0 spiro atoms. The minimum atomic E-state index is -0.127. The van der Waals surface area contributed by atoms with Crippen LogP contribution in [0.2, 0.25) is 0 Å².